The van der Waals surface area contributed by atoms with E-state index in [0.717, 1.165) is 18.4 Å². The summed E-state index contributed by atoms with van der Waals surface area (Å²) in [6.45, 7) is 3.50. The summed E-state index contributed by atoms with van der Waals surface area (Å²) in [7, 11) is -3.51. The maximum absolute atomic E-state index is 12.6. The molecule has 0 radical (unpaired) electrons. The third-order valence-corrected chi connectivity index (χ3v) is 5.82. The first kappa shape index (κ1) is 14.8. The molecule has 1 aromatic carbocycles. The number of nitrogens with two attached hydrogens (primary N) is 1. The summed E-state index contributed by atoms with van der Waals surface area (Å²) in [6.07, 6.45) is 1.97. The number of halogens is 1. The van der Waals surface area contributed by atoms with Crippen molar-refractivity contribution in [3.05, 3.63) is 28.8 Å². The van der Waals surface area contributed by atoms with Crippen LogP contribution in [0.2, 0.25) is 5.02 Å². The van der Waals surface area contributed by atoms with Gasteiger partial charge < -0.3 is 5.73 Å². The van der Waals surface area contributed by atoms with Crippen molar-refractivity contribution in [3.8, 4) is 0 Å². The third kappa shape index (κ3) is 3.11. The molecule has 1 unspecified atom stereocenters. The number of hydrogen-bond donors (Lipinski definition) is 1. The van der Waals surface area contributed by atoms with E-state index in [1.807, 2.05) is 0 Å². The van der Waals surface area contributed by atoms with Crippen LogP contribution in [0.3, 0.4) is 0 Å². The third-order valence-electron chi connectivity index (χ3n) is 3.47. The lowest BCUT2D eigenvalue weighted by Gasteiger charge is -2.30. The molecular formula is C13H19ClN2O2S. The molecule has 1 aliphatic heterocycles. The van der Waals surface area contributed by atoms with Crippen LogP contribution in [0.15, 0.2) is 23.1 Å². The van der Waals surface area contributed by atoms with Crippen molar-refractivity contribution in [3.63, 3.8) is 0 Å². The highest BCUT2D eigenvalue weighted by atomic mass is 35.5. The summed E-state index contributed by atoms with van der Waals surface area (Å²) in [5.74, 6) is 0.389. The normalized spacial score (nSPS) is 21.5. The molecule has 1 fully saturated rings. The summed E-state index contributed by atoms with van der Waals surface area (Å²) in [6, 6.07) is 4.93. The van der Waals surface area contributed by atoms with Crippen LogP contribution >= 0.6 is 11.6 Å². The first-order chi connectivity index (χ1) is 8.95. The van der Waals surface area contributed by atoms with E-state index in [2.05, 4.69) is 6.92 Å². The first-order valence-electron chi connectivity index (χ1n) is 6.44. The van der Waals surface area contributed by atoms with Crippen molar-refractivity contribution in [2.24, 2.45) is 11.7 Å². The Kier molecular flexibility index (Phi) is 4.50. The maximum Gasteiger partial charge on any atom is 0.244 e. The van der Waals surface area contributed by atoms with Crippen molar-refractivity contribution >= 4 is 21.6 Å². The molecule has 1 atom stereocenters. The molecule has 0 saturated carbocycles. The highest BCUT2D eigenvalue weighted by Gasteiger charge is 2.30. The summed E-state index contributed by atoms with van der Waals surface area (Å²) in [5, 5.41) is 0.260. The average Bonchev–Trinajstić information content (AvgIpc) is 2.39. The van der Waals surface area contributed by atoms with Crippen molar-refractivity contribution in [2.45, 2.75) is 31.2 Å². The molecule has 1 heterocycles. The van der Waals surface area contributed by atoms with E-state index in [0.29, 0.717) is 25.6 Å². The van der Waals surface area contributed by atoms with Gasteiger partial charge in [-0.2, -0.15) is 4.31 Å². The minimum absolute atomic E-state index is 0.172. The minimum Gasteiger partial charge on any atom is -0.326 e. The van der Waals surface area contributed by atoms with E-state index in [1.165, 1.54) is 4.31 Å². The monoisotopic (exact) mass is 302 g/mol. The van der Waals surface area contributed by atoms with Crippen LogP contribution in [0.1, 0.15) is 25.3 Å². The number of nitrogens with zero attached hydrogens (tertiary/aromatic N) is 1. The van der Waals surface area contributed by atoms with Crippen molar-refractivity contribution in [1.29, 1.82) is 0 Å². The highest BCUT2D eigenvalue weighted by molar-refractivity contribution is 7.89. The lowest BCUT2D eigenvalue weighted by Crippen LogP contribution is -2.39. The van der Waals surface area contributed by atoms with Crippen LogP contribution in [0.4, 0.5) is 0 Å². The molecule has 0 bridgehead atoms. The van der Waals surface area contributed by atoms with Gasteiger partial charge in [-0.15, -0.1) is 0 Å². The maximum atomic E-state index is 12.6. The fourth-order valence-corrected chi connectivity index (χ4v) is 4.50. The highest BCUT2D eigenvalue weighted by Crippen LogP contribution is 2.28. The number of benzene rings is 1. The van der Waals surface area contributed by atoms with Gasteiger partial charge in [0.05, 0.1) is 5.02 Å². The van der Waals surface area contributed by atoms with Gasteiger partial charge in [-0.05, 0) is 36.5 Å². The topological polar surface area (TPSA) is 63.4 Å². The molecule has 2 N–H and O–H groups in total. The zero-order valence-electron chi connectivity index (χ0n) is 11.0. The second kappa shape index (κ2) is 5.79. The van der Waals surface area contributed by atoms with E-state index < -0.39 is 10.0 Å². The molecule has 1 aromatic rings. The standard InChI is InChI=1S/C13H19ClN2O2S/c1-10-3-2-6-16(9-10)19(17,18)13-7-11(8-15)4-5-12(13)14/h4-5,7,10H,2-3,6,8-9,15H2,1H3. The molecule has 1 saturated heterocycles. The molecule has 1 aliphatic rings. The Bertz CT molecular complexity index is 560. The van der Waals surface area contributed by atoms with Gasteiger partial charge in [0.25, 0.3) is 0 Å². The Morgan fingerprint density at radius 1 is 1.47 bits per heavy atom. The van der Waals surface area contributed by atoms with E-state index in [4.69, 9.17) is 17.3 Å². The van der Waals surface area contributed by atoms with E-state index in [9.17, 15) is 8.42 Å². The van der Waals surface area contributed by atoms with Crippen molar-refractivity contribution < 1.29 is 8.42 Å². The van der Waals surface area contributed by atoms with Crippen LogP contribution in [0.25, 0.3) is 0 Å². The molecule has 0 amide bonds. The zero-order valence-corrected chi connectivity index (χ0v) is 12.5. The Balaban J connectivity index is 2.38. The number of rotatable bonds is 3. The van der Waals surface area contributed by atoms with Gasteiger partial charge in [-0.1, -0.05) is 24.6 Å². The molecular weight excluding hydrogens is 284 g/mol. The Morgan fingerprint density at radius 3 is 2.84 bits per heavy atom. The van der Waals surface area contributed by atoms with Crippen LogP contribution < -0.4 is 5.73 Å². The van der Waals surface area contributed by atoms with E-state index in [-0.39, 0.29) is 9.92 Å². The molecule has 19 heavy (non-hydrogen) atoms. The summed E-state index contributed by atoms with van der Waals surface area (Å²) in [5.41, 5.74) is 6.33. The van der Waals surface area contributed by atoms with Gasteiger partial charge >= 0.3 is 0 Å². The molecule has 4 nitrogen and oxygen atoms in total. The Morgan fingerprint density at radius 2 is 2.21 bits per heavy atom. The van der Waals surface area contributed by atoms with Crippen LogP contribution in [-0.2, 0) is 16.6 Å². The van der Waals surface area contributed by atoms with Crippen LogP contribution in [0, 0.1) is 5.92 Å². The number of sulfonamides is 1. The Labute approximate surface area is 119 Å². The molecule has 106 valence electrons. The van der Waals surface area contributed by atoms with Gasteiger partial charge in [0.2, 0.25) is 10.0 Å². The van der Waals surface area contributed by atoms with Gasteiger partial charge in [-0.3, -0.25) is 0 Å². The predicted molar refractivity (Wildman–Crippen MR) is 76.5 cm³/mol. The predicted octanol–water partition coefficient (Wildman–Crippen LogP) is 2.22. The molecule has 0 aliphatic carbocycles. The van der Waals surface area contributed by atoms with E-state index in [1.54, 1.807) is 18.2 Å². The molecule has 0 spiro atoms. The van der Waals surface area contributed by atoms with Crippen LogP contribution in [-0.4, -0.2) is 25.8 Å². The molecule has 2 rings (SSSR count). The second-order valence-electron chi connectivity index (χ2n) is 5.08. The summed E-state index contributed by atoms with van der Waals surface area (Å²) < 4.78 is 26.8. The van der Waals surface area contributed by atoms with Crippen molar-refractivity contribution in [1.82, 2.24) is 4.31 Å². The van der Waals surface area contributed by atoms with Gasteiger partial charge in [0.1, 0.15) is 4.90 Å². The average molecular weight is 303 g/mol. The fraction of sp³-hybridized carbons (Fsp3) is 0.538. The minimum atomic E-state index is -3.51. The summed E-state index contributed by atoms with van der Waals surface area (Å²) >= 11 is 6.05. The van der Waals surface area contributed by atoms with Crippen molar-refractivity contribution in [2.75, 3.05) is 13.1 Å². The zero-order chi connectivity index (χ0) is 14.0. The lowest BCUT2D eigenvalue weighted by atomic mass is 10.0. The van der Waals surface area contributed by atoms with Gasteiger partial charge in [-0.25, -0.2) is 8.42 Å². The quantitative estimate of drug-likeness (QED) is 0.931. The molecule has 0 aromatic heterocycles. The fourth-order valence-electron chi connectivity index (χ4n) is 2.38. The SMILES string of the molecule is CC1CCCN(S(=O)(=O)c2cc(CN)ccc2Cl)C1. The number of piperidine rings is 1. The largest absolute Gasteiger partial charge is 0.326 e. The van der Waals surface area contributed by atoms with Crippen LogP contribution in [0.5, 0.6) is 0 Å². The lowest BCUT2D eigenvalue weighted by molar-refractivity contribution is 0.281. The smallest absolute Gasteiger partial charge is 0.244 e. The summed E-state index contributed by atoms with van der Waals surface area (Å²) in [4.78, 5) is 0.172. The van der Waals surface area contributed by atoms with E-state index >= 15 is 0 Å². The number of hydrogen-bond acceptors (Lipinski definition) is 3. The van der Waals surface area contributed by atoms with Gasteiger partial charge in [0.15, 0.2) is 0 Å². The Hall–Kier alpha value is -0.620. The first-order valence-corrected chi connectivity index (χ1v) is 8.25. The van der Waals surface area contributed by atoms with Gasteiger partial charge in [0, 0.05) is 19.6 Å². The molecule has 6 heteroatoms. The second-order valence-corrected chi connectivity index (χ2v) is 7.39.